The zero-order chi connectivity index (χ0) is 21.8. The number of hydrogen-bond acceptors (Lipinski definition) is 9. The lowest BCUT2D eigenvalue weighted by atomic mass is 10.2. The Morgan fingerprint density at radius 1 is 1.13 bits per heavy atom. The lowest BCUT2D eigenvalue weighted by Crippen LogP contribution is -2.40. The first kappa shape index (κ1) is 21.3. The van der Waals surface area contributed by atoms with Crippen LogP contribution in [0.3, 0.4) is 0 Å². The molecule has 1 saturated heterocycles. The molecule has 10 nitrogen and oxygen atoms in total. The summed E-state index contributed by atoms with van der Waals surface area (Å²) < 4.78 is 45.3. The molecule has 0 unspecified atom stereocenters. The van der Waals surface area contributed by atoms with Crippen LogP contribution in [0.25, 0.3) is 11.0 Å². The first-order valence-corrected chi connectivity index (χ1v) is 11.5. The number of aromatic nitrogens is 2. The Balaban J connectivity index is 1.40. The van der Waals surface area contributed by atoms with Gasteiger partial charge in [0.1, 0.15) is 11.0 Å². The zero-order valence-electron chi connectivity index (χ0n) is 16.2. The maximum absolute atomic E-state index is 12.8. The van der Waals surface area contributed by atoms with Gasteiger partial charge in [-0.25, -0.2) is 13.2 Å². The quantitative estimate of drug-likeness (QED) is 0.546. The van der Waals surface area contributed by atoms with Crippen molar-refractivity contribution in [1.29, 1.82) is 0 Å². The minimum absolute atomic E-state index is 0.0176. The van der Waals surface area contributed by atoms with E-state index in [4.69, 9.17) is 9.47 Å². The van der Waals surface area contributed by atoms with E-state index >= 15 is 0 Å². The fraction of sp³-hybridized carbons (Fsp3) is 0.263. The number of sulfonamides is 1. The summed E-state index contributed by atoms with van der Waals surface area (Å²) in [5.41, 5.74) is 1.70. The van der Waals surface area contributed by atoms with Crippen molar-refractivity contribution in [3.63, 3.8) is 0 Å². The number of hydrogen-bond donors (Lipinski definition) is 1. The molecular formula is C19H18N4O6S2. The molecule has 4 rings (SSSR count). The second kappa shape index (κ2) is 9.06. The third-order valence-corrected chi connectivity index (χ3v) is 7.01. The molecule has 3 aromatic rings. The van der Waals surface area contributed by atoms with Crippen molar-refractivity contribution in [2.24, 2.45) is 0 Å². The van der Waals surface area contributed by atoms with Crippen LogP contribution >= 0.6 is 11.7 Å². The third-order valence-electron chi connectivity index (χ3n) is 4.57. The molecular weight excluding hydrogens is 444 g/mol. The first-order valence-electron chi connectivity index (χ1n) is 9.31. The van der Waals surface area contributed by atoms with Crippen molar-refractivity contribution < 1.29 is 27.5 Å². The number of carbonyl (C=O) groups excluding carboxylic acids is 2. The van der Waals surface area contributed by atoms with Crippen LogP contribution in [0, 0.1) is 0 Å². The molecule has 31 heavy (non-hydrogen) atoms. The number of amides is 1. The SMILES string of the molecule is O=C(COC(=O)c1cccc(S(=O)(=O)N2CCOCC2)c1)Nc1cccc2nsnc12. The van der Waals surface area contributed by atoms with Gasteiger partial charge >= 0.3 is 5.97 Å². The molecule has 0 saturated carbocycles. The summed E-state index contributed by atoms with van der Waals surface area (Å²) in [6.45, 7) is 0.603. The van der Waals surface area contributed by atoms with Crippen LogP contribution in [0.1, 0.15) is 10.4 Å². The lowest BCUT2D eigenvalue weighted by molar-refractivity contribution is -0.119. The van der Waals surface area contributed by atoms with Crippen LogP contribution in [-0.4, -0.2) is 66.3 Å². The number of carbonyl (C=O) groups is 2. The molecule has 12 heteroatoms. The van der Waals surface area contributed by atoms with Crippen molar-refractivity contribution in [3.05, 3.63) is 48.0 Å². The molecule has 162 valence electrons. The molecule has 0 radical (unpaired) electrons. The van der Waals surface area contributed by atoms with Gasteiger partial charge < -0.3 is 14.8 Å². The number of ether oxygens (including phenoxy) is 2. The van der Waals surface area contributed by atoms with E-state index in [9.17, 15) is 18.0 Å². The van der Waals surface area contributed by atoms with Crippen LogP contribution in [0.4, 0.5) is 5.69 Å². The summed E-state index contributed by atoms with van der Waals surface area (Å²) >= 11 is 1.03. The molecule has 0 atom stereocenters. The van der Waals surface area contributed by atoms with Crippen LogP contribution in [0.2, 0.25) is 0 Å². The van der Waals surface area contributed by atoms with Crippen molar-refractivity contribution in [1.82, 2.24) is 13.1 Å². The van der Waals surface area contributed by atoms with E-state index in [1.54, 1.807) is 18.2 Å². The van der Waals surface area contributed by atoms with Crippen molar-refractivity contribution in [2.75, 3.05) is 38.2 Å². The number of esters is 1. The number of rotatable bonds is 6. The summed E-state index contributed by atoms with van der Waals surface area (Å²) in [7, 11) is -3.75. The number of morpholine rings is 1. The standard InChI is InChI=1S/C19H18N4O6S2/c24-17(20-15-5-2-6-16-18(15)22-30-21-16)12-29-19(25)13-3-1-4-14(11-13)31(26,27)23-7-9-28-10-8-23/h1-6,11H,7-10,12H2,(H,20,24). The van der Waals surface area contributed by atoms with E-state index in [0.717, 1.165) is 11.7 Å². The summed E-state index contributed by atoms with van der Waals surface area (Å²) in [6.07, 6.45) is 0. The Hall–Kier alpha value is -2.93. The highest BCUT2D eigenvalue weighted by atomic mass is 32.2. The summed E-state index contributed by atoms with van der Waals surface area (Å²) in [5, 5.41) is 2.63. The van der Waals surface area contributed by atoms with Crippen LogP contribution in [-0.2, 0) is 24.3 Å². The van der Waals surface area contributed by atoms with Gasteiger partial charge in [-0.1, -0.05) is 12.1 Å². The molecule has 1 aliphatic heterocycles. The molecule has 1 N–H and O–H groups in total. The molecule has 0 bridgehead atoms. The molecule has 2 aromatic carbocycles. The maximum atomic E-state index is 12.8. The van der Waals surface area contributed by atoms with E-state index in [0.29, 0.717) is 29.9 Å². The van der Waals surface area contributed by atoms with Gasteiger partial charge in [0.2, 0.25) is 10.0 Å². The number of anilines is 1. The second-order valence-electron chi connectivity index (χ2n) is 6.61. The monoisotopic (exact) mass is 462 g/mol. The summed E-state index contributed by atoms with van der Waals surface area (Å²) in [4.78, 5) is 24.6. The Morgan fingerprint density at radius 2 is 1.90 bits per heavy atom. The number of fused-ring (bicyclic) bond motifs is 1. The van der Waals surface area contributed by atoms with Gasteiger partial charge in [0.25, 0.3) is 5.91 Å². The second-order valence-corrected chi connectivity index (χ2v) is 9.07. The average molecular weight is 463 g/mol. The van der Waals surface area contributed by atoms with Gasteiger partial charge in [0.15, 0.2) is 6.61 Å². The van der Waals surface area contributed by atoms with E-state index in [1.807, 2.05) is 0 Å². The van der Waals surface area contributed by atoms with Gasteiger partial charge in [0.05, 0.1) is 41.1 Å². The molecule has 0 aliphatic carbocycles. The molecule has 1 fully saturated rings. The van der Waals surface area contributed by atoms with E-state index < -0.39 is 28.5 Å². The lowest BCUT2D eigenvalue weighted by Gasteiger charge is -2.26. The highest BCUT2D eigenvalue weighted by Crippen LogP contribution is 2.21. The van der Waals surface area contributed by atoms with Crippen LogP contribution in [0.5, 0.6) is 0 Å². The Bertz CT molecular complexity index is 1220. The maximum Gasteiger partial charge on any atom is 0.338 e. The minimum Gasteiger partial charge on any atom is -0.452 e. The third kappa shape index (κ3) is 4.71. The number of nitrogens with zero attached hydrogens (tertiary/aromatic N) is 3. The summed E-state index contributed by atoms with van der Waals surface area (Å²) in [5.74, 6) is -1.35. The largest absolute Gasteiger partial charge is 0.452 e. The van der Waals surface area contributed by atoms with Crippen LogP contribution < -0.4 is 5.32 Å². The molecule has 2 heterocycles. The van der Waals surface area contributed by atoms with Crippen molar-refractivity contribution >= 4 is 50.3 Å². The molecule has 1 amide bonds. The Kier molecular flexibility index (Phi) is 6.23. The molecule has 0 spiro atoms. The topological polar surface area (TPSA) is 128 Å². The fourth-order valence-electron chi connectivity index (χ4n) is 3.03. The molecule has 1 aliphatic rings. The van der Waals surface area contributed by atoms with Crippen LogP contribution in [0.15, 0.2) is 47.4 Å². The van der Waals surface area contributed by atoms with Gasteiger partial charge in [0, 0.05) is 13.1 Å². The van der Waals surface area contributed by atoms with E-state index in [1.165, 1.54) is 28.6 Å². The normalized spacial score (nSPS) is 15.0. The van der Waals surface area contributed by atoms with Crippen molar-refractivity contribution in [3.8, 4) is 0 Å². The number of nitrogens with one attached hydrogen (secondary N) is 1. The average Bonchev–Trinajstić information content (AvgIpc) is 3.28. The molecule has 1 aromatic heterocycles. The minimum atomic E-state index is -3.75. The first-order chi connectivity index (χ1) is 14.9. The van der Waals surface area contributed by atoms with Gasteiger partial charge in [-0.05, 0) is 30.3 Å². The predicted octanol–water partition coefficient (Wildman–Crippen LogP) is 1.51. The van der Waals surface area contributed by atoms with E-state index in [2.05, 4.69) is 14.1 Å². The van der Waals surface area contributed by atoms with E-state index in [-0.39, 0.29) is 23.5 Å². The summed E-state index contributed by atoms with van der Waals surface area (Å²) in [6, 6.07) is 10.7. The number of benzene rings is 2. The van der Waals surface area contributed by atoms with Gasteiger partial charge in [-0.15, -0.1) is 0 Å². The predicted molar refractivity (Wildman–Crippen MR) is 112 cm³/mol. The van der Waals surface area contributed by atoms with Gasteiger partial charge in [-0.2, -0.15) is 13.1 Å². The Morgan fingerprint density at radius 3 is 2.71 bits per heavy atom. The highest BCUT2D eigenvalue weighted by Gasteiger charge is 2.27. The fourth-order valence-corrected chi connectivity index (χ4v) is 5.03. The highest BCUT2D eigenvalue weighted by molar-refractivity contribution is 7.89. The zero-order valence-corrected chi connectivity index (χ0v) is 17.8. The Labute approximate surface area is 182 Å². The van der Waals surface area contributed by atoms with Crippen molar-refractivity contribution in [2.45, 2.75) is 4.90 Å². The smallest absolute Gasteiger partial charge is 0.338 e. The van der Waals surface area contributed by atoms with Gasteiger partial charge in [-0.3, -0.25) is 4.79 Å².